The van der Waals surface area contributed by atoms with E-state index in [0.717, 1.165) is 6.07 Å². The molecule has 1 heterocycles. The van der Waals surface area contributed by atoms with E-state index in [-0.39, 0.29) is 17.3 Å². The molecule has 0 unspecified atom stereocenters. The largest absolute Gasteiger partial charge is 0.467 e. The lowest BCUT2D eigenvalue weighted by Gasteiger charge is -2.11. The number of rotatable bonds is 6. The van der Waals surface area contributed by atoms with Gasteiger partial charge in [-0.25, -0.2) is 4.79 Å². The van der Waals surface area contributed by atoms with Crippen LogP contribution in [0, 0.1) is 10.1 Å². The van der Waals surface area contributed by atoms with Gasteiger partial charge in [-0.15, -0.1) is 0 Å². The molecule has 1 amide bonds. The molecule has 3 N–H and O–H groups in total. The molecule has 0 spiro atoms. The van der Waals surface area contributed by atoms with E-state index in [1.807, 2.05) is 0 Å². The second kappa shape index (κ2) is 7.27. The number of nitrogens with zero attached hydrogens (tertiary/aromatic N) is 1. The van der Waals surface area contributed by atoms with Crippen LogP contribution in [0.4, 0.5) is 11.4 Å². The number of hydrogen-bond donors (Lipinski definition) is 2. The minimum Gasteiger partial charge on any atom is -0.467 e. The molecule has 2 aromatic rings. The average molecular weight is 333 g/mol. The molecule has 0 fully saturated rings. The number of anilines is 1. The quantitative estimate of drug-likeness (QED) is 0.356. The topological polar surface area (TPSA) is 138 Å². The van der Waals surface area contributed by atoms with Gasteiger partial charge in [-0.2, -0.15) is 0 Å². The molecular formula is C15H15N3O6. The Balaban J connectivity index is 1.92. The van der Waals surface area contributed by atoms with Gasteiger partial charge < -0.3 is 20.2 Å². The third kappa shape index (κ3) is 4.09. The first kappa shape index (κ1) is 17.0. The lowest BCUT2D eigenvalue weighted by atomic mass is 10.2. The zero-order chi connectivity index (χ0) is 17.7. The molecule has 0 aliphatic rings. The Morgan fingerprint density at radius 2 is 2.17 bits per heavy atom. The molecule has 24 heavy (non-hydrogen) atoms. The molecule has 1 aromatic carbocycles. The molecular weight excluding hydrogens is 318 g/mol. The predicted octanol–water partition coefficient (Wildman–Crippen LogP) is 1.80. The Morgan fingerprint density at radius 3 is 2.79 bits per heavy atom. The molecule has 0 aliphatic heterocycles. The summed E-state index contributed by atoms with van der Waals surface area (Å²) in [6.07, 6.45) is 1.48. The number of benzene rings is 1. The molecule has 0 saturated carbocycles. The molecule has 1 aromatic heterocycles. The fourth-order valence-corrected chi connectivity index (χ4v) is 1.94. The van der Waals surface area contributed by atoms with Crippen molar-refractivity contribution in [2.75, 3.05) is 12.3 Å². The normalized spacial score (nSPS) is 11.5. The van der Waals surface area contributed by atoms with Gasteiger partial charge in [-0.3, -0.25) is 14.9 Å². The first-order valence-electron chi connectivity index (χ1n) is 6.92. The highest BCUT2D eigenvalue weighted by molar-refractivity contribution is 5.92. The van der Waals surface area contributed by atoms with Gasteiger partial charge in [0.05, 0.1) is 22.8 Å². The lowest BCUT2D eigenvalue weighted by molar-refractivity contribution is -0.383. The third-order valence-corrected chi connectivity index (χ3v) is 3.14. The SMILES string of the molecule is C[C@@H](NC(=O)COC(=O)c1ccc(N)c([N+](=O)[O-])c1)c1ccco1. The molecule has 2 rings (SSSR count). The zero-order valence-corrected chi connectivity index (χ0v) is 12.7. The van der Waals surface area contributed by atoms with Crippen molar-refractivity contribution in [3.05, 3.63) is 58.0 Å². The van der Waals surface area contributed by atoms with E-state index in [0.29, 0.717) is 5.76 Å². The Morgan fingerprint density at radius 1 is 1.42 bits per heavy atom. The standard InChI is InChI=1S/C15H15N3O6/c1-9(13-3-2-6-23-13)17-14(19)8-24-15(20)10-4-5-11(16)12(7-10)18(21)22/h2-7,9H,8,16H2,1H3,(H,17,19)/t9-/m1/s1. The van der Waals surface area contributed by atoms with Crippen LogP contribution < -0.4 is 11.1 Å². The number of carbonyl (C=O) groups is 2. The maximum atomic E-state index is 11.9. The maximum absolute atomic E-state index is 11.9. The van der Waals surface area contributed by atoms with Crippen molar-refractivity contribution in [1.82, 2.24) is 5.32 Å². The second-order valence-electron chi connectivity index (χ2n) is 4.91. The third-order valence-electron chi connectivity index (χ3n) is 3.14. The first-order chi connectivity index (χ1) is 11.4. The predicted molar refractivity (Wildman–Crippen MR) is 83.1 cm³/mol. The van der Waals surface area contributed by atoms with Gasteiger partial charge in [0.2, 0.25) is 0 Å². The fourth-order valence-electron chi connectivity index (χ4n) is 1.94. The van der Waals surface area contributed by atoms with E-state index in [1.54, 1.807) is 19.1 Å². The van der Waals surface area contributed by atoms with Crippen molar-refractivity contribution in [3.63, 3.8) is 0 Å². The van der Waals surface area contributed by atoms with Gasteiger partial charge in [0.1, 0.15) is 11.4 Å². The summed E-state index contributed by atoms with van der Waals surface area (Å²) in [7, 11) is 0. The number of hydrogen-bond acceptors (Lipinski definition) is 7. The van der Waals surface area contributed by atoms with Crippen LogP contribution in [0.3, 0.4) is 0 Å². The summed E-state index contributed by atoms with van der Waals surface area (Å²) in [5.41, 5.74) is 4.91. The number of nitrogens with one attached hydrogen (secondary N) is 1. The highest BCUT2D eigenvalue weighted by Crippen LogP contribution is 2.22. The van der Waals surface area contributed by atoms with E-state index >= 15 is 0 Å². The average Bonchev–Trinajstić information content (AvgIpc) is 3.07. The molecule has 9 nitrogen and oxygen atoms in total. The summed E-state index contributed by atoms with van der Waals surface area (Å²) in [4.78, 5) is 33.7. The molecule has 9 heteroatoms. The van der Waals surface area contributed by atoms with Crippen molar-refractivity contribution in [3.8, 4) is 0 Å². The number of ether oxygens (including phenoxy) is 1. The van der Waals surface area contributed by atoms with E-state index in [4.69, 9.17) is 14.9 Å². The van der Waals surface area contributed by atoms with Gasteiger partial charge in [0.25, 0.3) is 11.6 Å². The Kier molecular flexibility index (Phi) is 5.15. The van der Waals surface area contributed by atoms with E-state index in [1.165, 1.54) is 18.4 Å². The van der Waals surface area contributed by atoms with E-state index < -0.39 is 29.1 Å². The number of amides is 1. The minimum absolute atomic E-state index is 0.0669. The lowest BCUT2D eigenvalue weighted by Crippen LogP contribution is -2.31. The molecule has 126 valence electrons. The second-order valence-corrected chi connectivity index (χ2v) is 4.91. The van der Waals surface area contributed by atoms with Gasteiger partial charge in [0, 0.05) is 6.07 Å². The van der Waals surface area contributed by atoms with Crippen LogP contribution in [0.5, 0.6) is 0 Å². The fraction of sp³-hybridized carbons (Fsp3) is 0.200. The number of nitro groups is 1. The van der Waals surface area contributed by atoms with Crippen molar-refractivity contribution < 1.29 is 23.7 Å². The van der Waals surface area contributed by atoms with Crippen molar-refractivity contribution in [2.45, 2.75) is 13.0 Å². The Bertz CT molecular complexity index is 757. The molecule has 0 bridgehead atoms. The Labute approximate surface area is 136 Å². The number of nitrogens with two attached hydrogens (primary N) is 1. The van der Waals surface area contributed by atoms with E-state index in [9.17, 15) is 19.7 Å². The summed E-state index contributed by atoms with van der Waals surface area (Å²) in [6, 6.07) is 6.52. The summed E-state index contributed by atoms with van der Waals surface area (Å²) >= 11 is 0. The minimum atomic E-state index is -0.862. The zero-order valence-electron chi connectivity index (χ0n) is 12.7. The number of nitrogen functional groups attached to an aromatic ring is 1. The van der Waals surface area contributed by atoms with Crippen LogP contribution in [-0.4, -0.2) is 23.4 Å². The van der Waals surface area contributed by atoms with Gasteiger partial charge in [0.15, 0.2) is 6.61 Å². The molecule has 0 radical (unpaired) electrons. The summed E-state index contributed by atoms with van der Waals surface area (Å²) in [6.45, 7) is 1.18. The van der Waals surface area contributed by atoms with Crippen molar-refractivity contribution in [1.29, 1.82) is 0 Å². The molecule has 0 saturated heterocycles. The number of furan rings is 1. The highest BCUT2D eigenvalue weighted by atomic mass is 16.6. The van der Waals surface area contributed by atoms with Crippen LogP contribution in [-0.2, 0) is 9.53 Å². The van der Waals surface area contributed by atoms with Crippen LogP contribution in [0.1, 0.15) is 29.1 Å². The van der Waals surface area contributed by atoms with Crippen LogP contribution in [0.2, 0.25) is 0 Å². The molecule has 0 aliphatic carbocycles. The van der Waals surface area contributed by atoms with Crippen molar-refractivity contribution in [2.24, 2.45) is 0 Å². The smallest absolute Gasteiger partial charge is 0.338 e. The number of nitro benzene ring substituents is 1. The van der Waals surface area contributed by atoms with Gasteiger partial charge in [-0.1, -0.05) is 0 Å². The van der Waals surface area contributed by atoms with Crippen LogP contribution in [0.15, 0.2) is 41.0 Å². The molecule has 1 atom stereocenters. The number of esters is 1. The summed E-state index contributed by atoms with van der Waals surface area (Å²) < 4.78 is 9.98. The highest BCUT2D eigenvalue weighted by Gasteiger charge is 2.18. The Hall–Kier alpha value is -3.36. The number of carbonyl (C=O) groups excluding carboxylic acids is 2. The summed E-state index contributed by atoms with van der Waals surface area (Å²) in [5, 5.41) is 13.4. The van der Waals surface area contributed by atoms with Gasteiger partial charge in [-0.05, 0) is 31.2 Å². The van der Waals surface area contributed by atoms with Crippen LogP contribution in [0.25, 0.3) is 0 Å². The maximum Gasteiger partial charge on any atom is 0.338 e. The van der Waals surface area contributed by atoms with Crippen molar-refractivity contribution >= 4 is 23.3 Å². The van der Waals surface area contributed by atoms with E-state index in [2.05, 4.69) is 5.32 Å². The monoisotopic (exact) mass is 333 g/mol. The first-order valence-corrected chi connectivity index (χ1v) is 6.92. The summed E-state index contributed by atoms with van der Waals surface area (Å²) in [5.74, 6) is -0.833. The van der Waals surface area contributed by atoms with Crippen LogP contribution >= 0.6 is 0 Å². The van der Waals surface area contributed by atoms with Gasteiger partial charge >= 0.3 is 5.97 Å².